The van der Waals surface area contributed by atoms with Crippen LogP contribution in [0.2, 0.25) is 0 Å². The molecule has 0 bridgehead atoms. The molecule has 0 saturated carbocycles. The molecule has 0 aliphatic rings. The number of hydrogen-bond acceptors (Lipinski definition) is 5. The number of thioether (sulfide) groups is 1. The number of hydrogen-bond donors (Lipinski definition) is 1. The normalized spacial score (nSPS) is 10.8. The van der Waals surface area contributed by atoms with E-state index >= 15 is 0 Å². The Balaban J connectivity index is 2.36. The number of anilines is 1. The average molecular weight is 240 g/mol. The van der Waals surface area contributed by atoms with Gasteiger partial charge in [0.2, 0.25) is 0 Å². The fraction of sp³-hybridized carbons (Fsp3) is 0.636. The van der Waals surface area contributed by atoms with Crippen LogP contribution in [0.25, 0.3) is 0 Å². The van der Waals surface area contributed by atoms with Gasteiger partial charge in [-0.3, -0.25) is 0 Å². The average Bonchev–Trinajstić information content (AvgIpc) is 2.35. The van der Waals surface area contributed by atoms with Crippen LogP contribution in [0, 0.1) is 0 Å². The lowest BCUT2D eigenvalue weighted by Crippen LogP contribution is -2.28. The maximum atomic E-state index is 4.18. The molecule has 0 saturated heterocycles. The van der Waals surface area contributed by atoms with Gasteiger partial charge in [-0.05, 0) is 19.3 Å². The third-order valence-corrected chi connectivity index (χ3v) is 3.12. The highest BCUT2D eigenvalue weighted by Crippen LogP contribution is 2.13. The molecule has 90 valence electrons. The first-order chi connectivity index (χ1) is 7.80. The van der Waals surface area contributed by atoms with Crippen LogP contribution in [0.5, 0.6) is 0 Å². The van der Waals surface area contributed by atoms with Gasteiger partial charge in [0.05, 0.1) is 0 Å². The van der Waals surface area contributed by atoms with Crippen molar-refractivity contribution in [2.24, 2.45) is 0 Å². The molecule has 0 aliphatic carbocycles. The molecular formula is C11H20N4S. The molecule has 0 atom stereocenters. The Kier molecular flexibility index (Phi) is 6.18. The lowest BCUT2D eigenvalue weighted by Gasteiger charge is -2.18. The lowest BCUT2D eigenvalue weighted by molar-refractivity contribution is 0.316. The SMILES string of the molecule is CCN(CC)CCNc1cc(SC)ncn1. The minimum atomic E-state index is 0.909. The summed E-state index contributed by atoms with van der Waals surface area (Å²) in [5.41, 5.74) is 0. The summed E-state index contributed by atoms with van der Waals surface area (Å²) in [6.45, 7) is 8.52. The van der Waals surface area contributed by atoms with E-state index in [2.05, 4.69) is 34.0 Å². The molecule has 0 aliphatic heterocycles. The molecule has 1 aromatic heterocycles. The molecule has 1 N–H and O–H groups in total. The molecular weight excluding hydrogens is 220 g/mol. The number of rotatable bonds is 7. The zero-order valence-electron chi connectivity index (χ0n) is 10.2. The van der Waals surface area contributed by atoms with Crippen LogP contribution in [-0.2, 0) is 0 Å². The fourth-order valence-electron chi connectivity index (χ4n) is 1.43. The van der Waals surface area contributed by atoms with Gasteiger partial charge in [0.15, 0.2) is 0 Å². The number of nitrogens with zero attached hydrogens (tertiary/aromatic N) is 3. The van der Waals surface area contributed by atoms with Gasteiger partial charge in [0, 0.05) is 19.2 Å². The first kappa shape index (κ1) is 13.3. The molecule has 1 rings (SSSR count). The highest BCUT2D eigenvalue weighted by molar-refractivity contribution is 7.98. The van der Waals surface area contributed by atoms with Crippen LogP contribution in [0.1, 0.15) is 13.8 Å². The molecule has 0 spiro atoms. The Hall–Kier alpha value is -0.810. The summed E-state index contributed by atoms with van der Waals surface area (Å²) in [7, 11) is 0. The summed E-state index contributed by atoms with van der Waals surface area (Å²) < 4.78 is 0. The van der Waals surface area contributed by atoms with Gasteiger partial charge < -0.3 is 10.2 Å². The van der Waals surface area contributed by atoms with Crippen molar-refractivity contribution >= 4 is 17.6 Å². The van der Waals surface area contributed by atoms with E-state index in [0.717, 1.165) is 37.0 Å². The van der Waals surface area contributed by atoms with Gasteiger partial charge in [-0.1, -0.05) is 13.8 Å². The minimum Gasteiger partial charge on any atom is -0.369 e. The summed E-state index contributed by atoms with van der Waals surface area (Å²) in [5, 5.41) is 4.31. The molecule has 0 aromatic carbocycles. The van der Waals surface area contributed by atoms with Crippen LogP contribution in [0.3, 0.4) is 0 Å². The Morgan fingerprint density at radius 3 is 2.69 bits per heavy atom. The Morgan fingerprint density at radius 1 is 1.31 bits per heavy atom. The van der Waals surface area contributed by atoms with Gasteiger partial charge >= 0.3 is 0 Å². The second-order valence-corrected chi connectivity index (χ2v) is 4.23. The predicted molar refractivity (Wildman–Crippen MR) is 70.1 cm³/mol. The number of likely N-dealkylation sites (N-methyl/N-ethyl adjacent to an activating group) is 1. The van der Waals surface area contributed by atoms with Crippen LogP contribution in [-0.4, -0.2) is 47.3 Å². The van der Waals surface area contributed by atoms with Gasteiger partial charge in [-0.15, -0.1) is 11.8 Å². The molecule has 0 unspecified atom stereocenters. The molecule has 0 radical (unpaired) electrons. The van der Waals surface area contributed by atoms with E-state index in [1.807, 2.05) is 12.3 Å². The summed E-state index contributed by atoms with van der Waals surface area (Å²) in [6.07, 6.45) is 3.62. The predicted octanol–water partition coefficient (Wildman–Crippen LogP) is 1.95. The first-order valence-corrected chi connectivity index (χ1v) is 6.84. The minimum absolute atomic E-state index is 0.909. The third kappa shape index (κ3) is 4.37. The zero-order valence-corrected chi connectivity index (χ0v) is 11.0. The molecule has 0 amide bonds. The maximum Gasteiger partial charge on any atom is 0.130 e. The van der Waals surface area contributed by atoms with Crippen LogP contribution in [0.4, 0.5) is 5.82 Å². The van der Waals surface area contributed by atoms with Crippen molar-refractivity contribution in [2.75, 3.05) is 37.8 Å². The van der Waals surface area contributed by atoms with Crippen molar-refractivity contribution in [3.63, 3.8) is 0 Å². The maximum absolute atomic E-state index is 4.18. The van der Waals surface area contributed by atoms with E-state index in [4.69, 9.17) is 0 Å². The summed E-state index contributed by atoms with van der Waals surface area (Å²) in [4.78, 5) is 10.7. The van der Waals surface area contributed by atoms with Crippen molar-refractivity contribution in [3.8, 4) is 0 Å². The van der Waals surface area contributed by atoms with Gasteiger partial charge in [0.1, 0.15) is 17.2 Å². The first-order valence-electron chi connectivity index (χ1n) is 5.62. The van der Waals surface area contributed by atoms with Gasteiger partial charge in [-0.25, -0.2) is 9.97 Å². The van der Waals surface area contributed by atoms with E-state index in [-0.39, 0.29) is 0 Å². The number of nitrogens with one attached hydrogen (secondary N) is 1. The van der Waals surface area contributed by atoms with E-state index in [0.29, 0.717) is 0 Å². The van der Waals surface area contributed by atoms with Crippen LogP contribution in [0.15, 0.2) is 17.4 Å². The largest absolute Gasteiger partial charge is 0.369 e. The summed E-state index contributed by atoms with van der Waals surface area (Å²) in [6, 6.07) is 1.98. The zero-order chi connectivity index (χ0) is 11.8. The smallest absolute Gasteiger partial charge is 0.130 e. The van der Waals surface area contributed by atoms with E-state index < -0.39 is 0 Å². The van der Waals surface area contributed by atoms with Crippen LogP contribution >= 0.6 is 11.8 Å². The molecule has 0 fully saturated rings. The standard InChI is InChI=1S/C11H20N4S/c1-4-15(5-2)7-6-12-10-8-11(16-3)14-9-13-10/h8-9H,4-7H2,1-3H3,(H,12,13,14). The van der Waals surface area contributed by atoms with Gasteiger partial charge in [-0.2, -0.15) is 0 Å². The molecule has 16 heavy (non-hydrogen) atoms. The van der Waals surface area contributed by atoms with Crippen molar-refractivity contribution in [2.45, 2.75) is 18.9 Å². The van der Waals surface area contributed by atoms with Crippen molar-refractivity contribution < 1.29 is 0 Å². The molecule has 5 heteroatoms. The van der Waals surface area contributed by atoms with E-state index in [9.17, 15) is 0 Å². The molecule has 4 nitrogen and oxygen atoms in total. The summed E-state index contributed by atoms with van der Waals surface area (Å²) >= 11 is 1.63. The second kappa shape index (κ2) is 7.46. The second-order valence-electron chi connectivity index (χ2n) is 3.40. The third-order valence-electron chi connectivity index (χ3n) is 2.48. The van der Waals surface area contributed by atoms with Gasteiger partial charge in [0.25, 0.3) is 0 Å². The Bertz CT molecular complexity index is 302. The Morgan fingerprint density at radius 2 is 2.06 bits per heavy atom. The topological polar surface area (TPSA) is 41.0 Å². The van der Waals surface area contributed by atoms with Crippen molar-refractivity contribution in [1.29, 1.82) is 0 Å². The quantitative estimate of drug-likeness (QED) is 0.583. The number of aromatic nitrogens is 2. The van der Waals surface area contributed by atoms with Crippen LogP contribution < -0.4 is 5.32 Å². The van der Waals surface area contributed by atoms with Crippen molar-refractivity contribution in [1.82, 2.24) is 14.9 Å². The monoisotopic (exact) mass is 240 g/mol. The highest BCUT2D eigenvalue weighted by Gasteiger charge is 2.00. The Labute approximate surface area is 102 Å². The molecule has 1 heterocycles. The fourth-order valence-corrected chi connectivity index (χ4v) is 1.81. The van der Waals surface area contributed by atoms with E-state index in [1.165, 1.54) is 0 Å². The van der Waals surface area contributed by atoms with Crippen molar-refractivity contribution in [3.05, 3.63) is 12.4 Å². The summed E-state index contributed by atoms with van der Waals surface area (Å²) in [5.74, 6) is 0.909. The van der Waals surface area contributed by atoms with E-state index in [1.54, 1.807) is 18.1 Å². The highest BCUT2D eigenvalue weighted by atomic mass is 32.2. The lowest BCUT2D eigenvalue weighted by atomic mass is 10.4. The molecule has 1 aromatic rings.